The van der Waals surface area contributed by atoms with Crippen LogP contribution in [0, 0.1) is 0 Å². The smallest absolute Gasteiger partial charge is 0.325 e. The SMILES string of the molecule is CC(C(=O)Nc1ccc(-n2ccc(C(N)=O)n2)cc1)N1C(=O)NC2(CCCC2)C1=O. The van der Waals surface area contributed by atoms with Crippen LogP contribution in [0.15, 0.2) is 36.5 Å². The summed E-state index contributed by atoms with van der Waals surface area (Å²) in [6, 6.07) is 6.78. The highest BCUT2D eigenvalue weighted by Gasteiger charge is 2.54. The second-order valence-corrected chi connectivity index (χ2v) is 7.62. The van der Waals surface area contributed by atoms with Gasteiger partial charge in [-0.25, -0.2) is 14.4 Å². The second kappa shape index (κ2) is 7.29. The van der Waals surface area contributed by atoms with Crippen molar-refractivity contribution in [3.63, 3.8) is 0 Å². The van der Waals surface area contributed by atoms with Crippen LogP contribution in [0.3, 0.4) is 0 Å². The zero-order valence-electron chi connectivity index (χ0n) is 16.4. The molecule has 30 heavy (non-hydrogen) atoms. The summed E-state index contributed by atoms with van der Waals surface area (Å²) >= 11 is 0. The topological polar surface area (TPSA) is 139 Å². The Kier molecular flexibility index (Phi) is 4.76. The normalized spacial score (nSPS) is 18.5. The molecule has 2 heterocycles. The molecule has 5 amide bonds. The van der Waals surface area contributed by atoms with Crippen molar-refractivity contribution < 1.29 is 19.2 Å². The Balaban J connectivity index is 1.44. The second-order valence-electron chi connectivity index (χ2n) is 7.62. The number of benzene rings is 1. The minimum absolute atomic E-state index is 0.148. The fraction of sp³-hybridized carbons (Fsp3) is 0.350. The van der Waals surface area contributed by atoms with Crippen LogP contribution in [-0.2, 0) is 9.59 Å². The number of nitrogens with two attached hydrogens (primary N) is 1. The summed E-state index contributed by atoms with van der Waals surface area (Å²) in [4.78, 5) is 50.0. The number of nitrogens with zero attached hydrogens (tertiary/aromatic N) is 3. The van der Waals surface area contributed by atoms with Crippen LogP contribution in [0.2, 0.25) is 0 Å². The van der Waals surface area contributed by atoms with E-state index in [1.54, 1.807) is 30.5 Å². The van der Waals surface area contributed by atoms with E-state index in [1.807, 2.05) is 0 Å². The Hall–Kier alpha value is -3.69. The molecule has 156 valence electrons. The molecule has 1 saturated carbocycles. The largest absolute Gasteiger partial charge is 0.364 e. The van der Waals surface area contributed by atoms with Gasteiger partial charge in [0.2, 0.25) is 5.91 Å². The molecule has 0 radical (unpaired) electrons. The molecule has 1 saturated heterocycles. The van der Waals surface area contributed by atoms with E-state index in [9.17, 15) is 19.2 Å². The van der Waals surface area contributed by atoms with Crippen molar-refractivity contribution in [1.82, 2.24) is 20.0 Å². The molecule has 4 N–H and O–H groups in total. The van der Waals surface area contributed by atoms with Crippen molar-refractivity contribution in [1.29, 1.82) is 0 Å². The van der Waals surface area contributed by atoms with Crippen LogP contribution in [0.1, 0.15) is 43.1 Å². The van der Waals surface area contributed by atoms with Crippen molar-refractivity contribution in [2.24, 2.45) is 5.73 Å². The fourth-order valence-corrected chi connectivity index (χ4v) is 3.97. The van der Waals surface area contributed by atoms with Crippen LogP contribution in [-0.4, -0.2) is 50.0 Å². The van der Waals surface area contributed by atoms with Gasteiger partial charge >= 0.3 is 6.03 Å². The molecule has 2 fully saturated rings. The first-order chi connectivity index (χ1) is 14.3. The maximum atomic E-state index is 12.8. The van der Waals surface area contributed by atoms with Crippen molar-refractivity contribution in [3.8, 4) is 5.69 Å². The molecule has 1 aromatic carbocycles. The molecule has 1 aliphatic heterocycles. The number of carbonyl (C=O) groups excluding carboxylic acids is 4. The minimum Gasteiger partial charge on any atom is -0.364 e. The summed E-state index contributed by atoms with van der Waals surface area (Å²) in [6.45, 7) is 1.53. The summed E-state index contributed by atoms with van der Waals surface area (Å²) in [5.41, 5.74) is 5.68. The number of carbonyl (C=O) groups is 4. The minimum atomic E-state index is -0.943. The molecule has 1 aromatic heterocycles. The maximum Gasteiger partial charge on any atom is 0.325 e. The van der Waals surface area contributed by atoms with Crippen LogP contribution in [0.25, 0.3) is 5.69 Å². The summed E-state index contributed by atoms with van der Waals surface area (Å²) in [7, 11) is 0. The average molecular weight is 410 g/mol. The molecule has 1 atom stereocenters. The number of hydrogen-bond donors (Lipinski definition) is 3. The lowest BCUT2D eigenvalue weighted by Crippen LogP contribution is -2.48. The molecule has 10 nitrogen and oxygen atoms in total. The van der Waals surface area contributed by atoms with Crippen molar-refractivity contribution in [3.05, 3.63) is 42.2 Å². The van der Waals surface area contributed by atoms with Gasteiger partial charge in [-0.15, -0.1) is 0 Å². The van der Waals surface area contributed by atoms with E-state index >= 15 is 0 Å². The Morgan fingerprint density at radius 2 is 1.83 bits per heavy atom. The van der Waals surface area contributed by atoms with Gasteiger partial charge in [-0.3, -0.25) is 14.4 Å². The van der Waals surface area contributed by atoms with Crippen LogP contribution in [0.4, 0.5) is 10.5 Å². The molecule has 2 aliphatic rings. The zero-order chi connectivity index (χ0) is 21.5. The standard InChI is InChI=1S/C20H22N6O4/c1-12(26-18(29)20(23-19(26)30)9-2-3-10-20)17(28)22-13-4-6-14(7-5-13)25-11-8-15(24-25)16(21)27/h4-8,11-12H,2-3,9-10H2,1H3,(H2,21,27)(H,22,28)(H,23,30). The van der Waals surface area contributed by atoms with Gasteiger partial charge in [0.1, 0.15) is 17.3 Å². The first kappa shape index (κ1) is 19.6. The Morgan fingerprint density at radius 3 is 2.43 bits per heavy atom. The molecule has 10 heteroatoms. The van der Waals surface area contributed by atoms with Gasteiger partial charge in [0.25, 0.3) is 11.8 Å². The van der Waals surface area contributed by atoms with Gasteiger partial charge in [0.05, 0.1) is 5.69 Å². The number of rotatable bonds is 5. The molecule has 1 spiro atoms. The lowest BCUT2D eigenvalue weighted by Gasteiger charge is -2.23. The predicted molar refractivity (Wildman–Crippen MR) is 107 cm³/mol. The van der Waals surface area contributed by atoms with Crippen molar-refractivity contribution in [2.75, 3.05) is 5.32 Å². The average Bonchev–Trinajstić information content (AvgIpc) is 3.43. The summed E-state index contributed by atoms with van der Waals surface area (Å²) < 4.78 is 1.49. The van der Waals surface area contributed by atoms with Gasteiger partial charge in [0, 0.05) is 11.9 Å². The number of nitrogens with one attached hydrogen (secondary N) is 2. The van der Waals surface area contributed by atoms with E-state index in [0.29, 0.717) is 24.2 Å². The van der Waals surface area contributed by atoms with E-state index in [1.165, 1.54) is 17.7 Å². The lowest BCUT2D eigenvalue weighted by atomic mass is 9.97. The monoisotopic (exact) mass is 410 g/mol. The molecule has 4 rings (SSSR count). The molecular formula is C20H22N6O4. The molecule has 0 bridgehead atoms. The van der Waals surface area contributed by atoms with Crippen LogP contribution in [0.5, 0.6) is 0 Å². The molecular weight excluding hydrogens is 388 g/mol. The number of amides is 5. The highest BCUT2D eigenvalue weighted by atomic mass is 16.2. The maximum absolute atomic E-state index is 12.8. The van der Waals surface area contributed by atoms with E-state index < -0.39 is 29.4 Å². The van der Waals surface area contributed by atoms with Gasteiger partial charge in [-0.05, 0) is 50.1 Å². The summed E-state index contributed by atoms with van der Waals surface area (Å²) in [5.74, 6) is -1.41. The highest BCUT2D eigenvalue weighted by molar-refractivity contribution is 6.11. The molecule has 1 aliphatic carbocycles. The van der Waals surface area contributed by atoms with Gasteiger partial charge in [0.15, 0.2) is 0 Å². The number of imide groups is 1. The van der Waals surface area contributed by atoms with E-state index in [-0.39, 0.29) is 11.6 Å². The Labute approximate surface area is 172 Å². The number of urea groups is 1. The summed E-state index contributed by atoms with van der Waals surface area (Å²) in [5, 5.41) is 9.57. The Bertz CT molecular complexity index is 1020. The van der Waals surface area contributed by atoms with Crippen molar-refractivity contribution in [2.45, 2.75) is 44.2 Å². The third-order valence-electron chi connectivity index (χ3n) is 5.66. The first-order valence-corrected chi connectivity index (χ1v) is 9.73. The van der Waals surface area contributed by atoms with Crippen LogP contribution >= 0.6 is 0 Å². The third-order valence-corrected chi connectivity index (χ3v) is 5.66. The first-order valence-electron chi connectivity index (χ1n) is 9.73. The van der Waals surface area contributed by atoms with Crippen LogP contribution < -0.4 is 16.4 Å². The molecule has 2 aromatic rings. The van der Waals surface area contributed by atoms with Crippen molar-refractivity contribution >= 4 is 29.4 Å². The fourth-order valence-electron chi connectivity index (χ4n) is 3.97. The van der Waals surface area contributed by atoms with Gasteiger partial charge < -0.3 is 16.4 Å². The lowest BCUT2D eigenvalue weighted by molar-refractivity contribution is -0.136. The third kappa shape index (κ3) is 3.30. The number of aromatic nitrogens is 2. The summed E-state index contributed by atoms with van der Waals surface area (Å²) in [6.07, 6.45) is 4.57. The van der Waals surface area contributed by atoms with E-state index in [2.05, 4.69) is 15.7 Å². The number of primary amides is 1. The van der Waals surface area contributed by atoms with Gasteiger partial charge in [-0.1, -0.05) is 12.8 Å². The quantitative estimate of drug-likeness (QED) is 0.635. The Morgan fingerprint density at radius 1 is 1.17 bits per heavy atom. The number of anilines is 1. The van der Waals surface area contributed by atoms with E-state index in [4.69, 9.17) is 5.73 Å². The molecule has 1 unspecified atom stereocenters. The van der Waals surface area contributed by atoms with Gasteiger partial charge in [-0.2, -0.15) is 5.10 Å². The highest BCUT2D eigenvalue weighted by Crippen LogP contribution is 2.35. The zero-order valence-corrected chi connectivity index (χ0v) is 16.4. The number of hydrogen-bond acceptors (Lipinski definition) is 5. The predicted octanol–water partition coefficient (Wildman–Crippen LogP) is 1.16. The van der Waals surface area contributed by atoms with E-state index in [0.717, 1.165) is 17.7 Å².